The van der Waals surface area contributed by atoms with Gasteiger partial charge in [0.1, 0.15) is 12.4 Å². The van der Waals surface area contributed by atoms with Gasteiger partial charge < -0.3 is 15.2 Å². The highest BCUT2D eigenvalue weighted by atomic mass is 16.5. The number of hydrogen-bond donors (Lipinski definition) is 2. The van der Waals surface area contributed by atoms with E-state index in [0.29, 0.717) is 18.1 Å². The summed E-state index contributed by atoms with van der Waals surface area (Å²) in [5.74, 6) is 0.329. The molecule has 1 aliphatic heterocycles. The van der Waals surface area contributed by atoms with Gasteiger partial charge in [0.2, 0.25) is 5.88 Å². The zero-order valence-electron chi connectivity index (χ0n) is 12.1. The van der Waals surface area contributed by atoms with E-state index in [4.69, 9.17) is 20.6 Å². The highest BCUT2D eigenvalue weighted by Gasteiger charge is 2.21. The third-order valence-corrected chi connectivity index (χ3v) is 3.51. The predicted octanol–water partition coefficient (Wildman–Crippen LogP) is 1.44. The average Bonchev–Trinajstić information content (AvgIpc) is 2.96. The fourth-order valence-electron chi connectivity index (χ4n) is 2.48. The number of nitrogens with two attached hydrogens (primary N) is 1. The molecule has 2 heterocycles. The summed E-state index contributed by atoms with van der Waals surface area (Å²) in [5, 5.41) is 16.1. The summed E-state index contributed by atoms with van der Waals surface area (Å²) in [6.45, 7) is 5.25. The van der Waals surface area contributed by atoms with E-state index in [2.05, 4.69) is 10.2 Å². The maximum absolute atomic E-state index is 7.78. The van der Waals surface area contributed by atoms with Crippen LogP contribution in [0.1, 0.15) is 43.5 Å². The molecule has 0 radical (unpaired) electrons. The van der Waals surface area contributed by atoms with E-state index in [-0.39, 0.29) is 11.9 Å². The molecular formula is C14H22N4O2. The van der Waals surface area contributed by atoms with Crippen LogP contribution in [-0.4, -0.2) is 35.4 Å². The molecule has 1 saturated heterocycles. The molecule has 0 spiro atoms. The Morgan fingerprint density at radius 2 is 2.20 bits per heavy atom. The van der Waals surface area contributed by atoms with E-state index < -0.39 is 0 Å². The summed E-state index contributed by atoms with van der Waals surface area (Å²) < 4.78 is 11.2. The molecule has 1 fully saturated rings. The molecule has 1 aromatic rings. The van der Waals surface area contributed by atoms with Crippen LogP contribution in [0.15, 0.2) is 0 Å². The first-order chi connectivity index (χ1) is 9.67. The van der Waals surface area contributed by atoms with Gasteiger partial charge in [-0.1, -0.05) is 13.8 Å². The summed E-state index contributed by atoms with van der Waals surface area (Å²) >= 11 is 0. The van der Waals surface area contributed by atoms with E-state index in [0.717, 1.165) is 43.5 Å². The van der Waals surface area contributed by atoms with Crippen LogP contribution in [0.3, 0.4) is 0 Å². The molecule has 20 heavy (non-hydrogen) atoms. The molecule has 2 rings (SSSR count). The number of rotatable bonds is 6. The topological polar surface area (TPSA) is 94.1 Å². The molecule has 1 aromatic heterocycles. The van der Waals surface area contributed by atoms with E-state index >= 15 is 0 Å². The van der Waals surface area contributed by atoms with E-state index in [9.17, 15) is 0 Å². The first-order valence-electron chi connectivity index (χ1n) is 7.14. The maximum atomic E-state index is 7.78. The van der Waals surface area contributed by atoms with Crippen LogP contribution in [-0.2, 0) is 17.6 Å². The van der Waals surface area contributed by atoms with Crippen LogP contribution in [0.5, 0.6) is 5.88 Å². The Kier molecular flexibility index (Phi) is 4.89. The standard InChI is InChI=1S/C14H22N4O2/c1-3-10-11(4-2)17-18-14(12(10)13(15)16)20-8-9-6-5-7-19-9/h9H,3-8H2,1-2H3,(H3,15,16). The zero-order valence-corrected chi connectivity index (χ0v) is 12.1. The van der Waals surface area contributed by atoms with Crippen LogP contribution < -0.4 is 10.5 Å². The van der Waals surface area contributed by atoms with Gasteiger partial charge in [0.15, 0.2) is 0 Å². The van der Waals surface area contributed by atoms with Crippen LogP contribution in [0.4, 0.5) is 0 Å². The molecule has 6 heteroatoms. The lowest BCUT2D eigenvalue weighted by Gasteiger charge is -2.16. The van der Waals surface area contributed by atoms with Crippen molar-refractivity contribution < 1.29 is 9.47 Å². The highest BCUT2D eigenvalue weighted by molar-refractivity contribution is 5.98. The molecule has 1 aliphatic rings. The van der Waals surface area contributed by atoms with Crippen molar-refractivity contribution >= 4 is 5.84 Å². The second kappa shape index (κ2) is 6.65. The molecule has 0 saturated carbocycles. The number of nitrogens with zero attached hydrogens (tertiary/aromatic N) is 2. The smallest absolute Gasteiger partial charge is 0.244 e. The summed E-state index contributed by atoms with van der Waals surface area (Å²) in [5.41, 5.74) is 8.12. The normalized spacial score (nSPS) is 18.2. The van der Waals surface area contributed by atoms with Gasteiger partial charge in [-0.15, -0.1) is 5.10 Å². The Morgan fingerprint density at radius 3 is 2.75 bits per heavy atom. The van der Waals surface area contributed by atoms with Crippen molar-refractivity contribution in [2.24, 2.45) is 5.73 Å². The summed E-state index contributed by atoms with van der Waals surface area (Å²) in [6.07, 6.45) is 3.68. The number of amidine groups is 1. The van der Waals surface area contributed by atoms with Gasteiger partial charge >= 0.3 is 0 Å². The van der Waals surface area contributed by atoms with E-state index in [1.165, 1.54) is 0 Å². The maximum Gasteiger partial charge on any atom is 0.244 e. The average molecular weight is 278 g/mol. The molecule has 6 nitrogen and oxygen atoms in total. The lowest BCUT2D eigenvalue weighted by Crippen LogP contribution is -2.22. The van der Waals surface area contributed by atoms with Crippen molar-refractivity contribution in [2.75, 3.05) is 13.2 Å². The second-order valence-corrected chi connectivity index (χ2v) is 4.87. The number of nitrogens with one attached hydrogen (secondary N) is 1. The first-order valence-corrected chi connectivity index (χ1v) is 7.14. The molecule has 1 atom stereocenters. The minimum Gasteiger partial charge on any atom is -0.473 e. The summed E-state index contributed by atoms with van der Waals surface area (Å²) in [7, 11) is 0. The van der Waals surface area contributed by atoms with Gasteiger partial charge in [-0.3, -0.25) is 5.41 Å². The van der Waals surface area contributed by atoms with Gasteiger partial charge in [-0.2, -0.15) is 5.10 Å². The van der Waals surface area contributed by atoms with Crippen molar-refractivity contribution in [3.8, 4) is 5.88 Å². The minimum atomic E-state index is -0.0196. The number of aryl methyl sites for hydroxylation is 1. The Morgan fingerprint density at radius 1 is 1.40 bits per heavy atom. The first kappa shape index (κ1) is 14.7. The largest absolute Gasteiger partial charge is 0.473 e. The van der Waals surface area contributed by atoms with Gasteiger partial charge in [-0.05, 0) is 31.2 Å². The van der Waals surface area contributed by atoms with Crippen molar-refractivity contribution in [1.29, 1.82) is 5.41 Å². The molecule has 0 amide bonds. The van der Waals surface area contributed by atoms with Crippen LogP contribution >= 0.6 is 0 Å². The fraction of sp³-hybridized carbons (Fsp3) is 0.643. The quantitative estimate of drug-likeness (QED) is 0.606. The lowest BCUT2D eigenvalue weighted by molar-refractivity contribution is 0.0658. The number of nitrogen functional groups attached to an aromatic ring is 1. The molecule has 0 bridgehead atoms. The molecule has 1 unspecified atom stereocenters. The molecular weight excluding hydrogens is 256 g/mol. The van der Waals surface area contributed by atoms with Crippen LogP contribution in [0, 0.1) is 5.41 Å². The van der Waals surface area contributed by atoms with E-state index in [1.807, 2.05) is 13.8 Å². The fourth-order valence-corrected chi connectivity index (χ4v) is 2.48. The molecule has 3 N–H and O–H groups in total. The van der Waals surface area contributed by atoms with Crippen molar-refractivity contribution in [2.45, 2.75) is 45.6 Å². The third kappa shape index (κ3) is 3.07. The number of aromatic nitrogens is 2. The summed E-state index contributed by atoms with van der Waals surface area (Å²) in [6, 6.07) is 0. The third-order valence-electron chi connectivity index (χ3n) is 3.51. The van der Waals surface area contributed by atoms with Gasteiger partial charge in [0.25, 0.3) is 0 Å². The monoisotopic (exact) mass is 278 g/mol. The van der Waals surface area contributed by atoms with Crippen LogP contribution in [0.25, 0.3) is 0 Å². The Balaban J connectivity index is 2.24. The van der Waals surface area contributed by atoms with Crippen molar-refractivity contribution in [3.63, 3.8) is 0 Å². The van der Waals surface area contributed by atoms with Gasteiger partial charge in [-0.25, -0.2) is 0 Å². The van der Waals surface area contributed by atoms with Gasteiger partial charge in [0.05, 0.1) is 17.4 Å². The summed E-state index contributed by atoms with van der Waals surface area (Å²) in [4.78, 5) is 0. The zero-order chi connectivity index (χ0) is 14.5. The Bertz CT molecular complexity index is 484. The predicted molar refractivity (Wildman–Crippen MR) is 76.3 cm³/mol. The molecule has 110 valence electrons. The van der Waals surface area contributed by atoms with Crippen molar-refractivity contribution in [1.82, 2.24) is 10.2 Å². The lowest BCUT2D eigenvalue weighted by atomic mass is 10.0. The van der Waals surface area contributed by atoms with E-state index in [1.54, 1.807) is 0 Å². The van der Waals surface area contributed by atoms with Gasteiger partial charge in [0, 0.05) is 6.61 Å². The Hall–Kier alpha value is -1.69. The Labute approximate surface area is 119 Å². The second-order valence-electron chi connectivity index (χ2n) is 4.87. The minimum absolute atomic E-state index is 0.0196. The number of ether oxygens (including phenoxy) is 2. The molecule has 0 aliphatic carbocycles. The molecule has 0 aromatic carbocycles. The number of hydrogen-bond acceptors (Lipinski definition) is 5. The van der Waals surface area contributed by atoms with Crippen molar-refractivity contribution in [3.05, 3.63) is 16.8 Å². The SMILES string of the molecule is CCc1nnc(OCC2CCCO2)c(C(=N)N)c1CC. The highest BCUT2D eigenvalue weighted by Crippen LogP contribution is 2.23. The van der Waals surface area contributed by atoms with Crippen LogP contribution in [0.2, 0.25) is 0 Å².